The van der Waals surface area contributed by atoms with E-state index in [1.807, 2.05) is 0 Å². The first-order valence-corrected chi connectivity index (χ1v) is 7.42. The number of nitrogens with one attached hydrogen (secondary N) is 1. The van der Waals surface area contributed by atoms with E-state index in [2.05, 4.69) is 29.0 Å². The molecule has 4 aliphatic rings. The highest BCUT2D eigenvalue weighted by atomic mass is 15.3. The van der Waals surface area contributed by atoms with Crippen molar-refractivity contribution in [1.29, 1.82) is 0 Å². The van der Waals surface area contributed by atoms with Crippen molar-refractivity contribution in [3.8, 4) is 0 Å². The van der Waals surface area contributed by atoms with Crippen molar-refractivity contribution < 1.29 is 0 Å². The van der Waals surface area contributed by atoms with E-state index in [-0.39, 0.29) is 0 Å². The molecule has 0 radical (unpaired) electrons. The predicted molar refractivity (Wildman–Crippen MR) is 71.2 cm³/mol. The van der Waals surface area contributed by atoms with Crippen LogP contribution in [0.3, 0.4) is 0 Å². The summed E-state index contributed by atoms with van der Waals surface area (Å²) in [4.78, 5) is 5.46. The molecule has 4 fully saturated rings. The molecule has 0 aromatic carbocycles. The van der Waals surface area contributed by atoms with Crippen LogP contribution in [0, 0.1) is 5.92 Å². The van der Waals surface area contributed by atoms with Gasteiger partial charge in [0.05, 0.1) is 0 Å². The molecule has 98 valence electrons. The van der Waals surface area contributed by atoms with E-state index in [9.17, 15) is 0 Å². The fourth-order valence-corrected chi connectivity index (χ4v) is 3.95. The third-order valence-corrected chi connectivity index (χ3v) is 5.37. The Labute approximate surface area is 106 Å². The Bertz CT molecular complexity index is 273. The number of piperidine rings is 3. The summed E-state index contributed by atoms with van der Waals surface area (Å²) in [7, 11) is 0. The van der Waals surface area contributed by atoms with Crippen molar-refractivity contribution in [3.05, 3.63) is 0 Å². The quantitative estimate of drug-likeness (QED) is 0.777. The molecule has 2 atom stereocenters. The Morgan fingerprint density at radius 2 is 2.00 bits per heavy atom. The van der Waals surface area contributed by atoms with Crippen LogP contribution in [0.5, 0.6) is 0 Å². The van der Waals surface area contributed by atoms with Crippen LogP contribution in [0.4, 0.5) is 0 Å². The Morgan fingerprint density at radius 1 is 1.24 bits per heavy atom. The topological polar surface area (TPSA) is 18.5 Å². The normalized spacial score (nSPS) is 47.3. The second-order valence-electron chi connectivity index (χ2n) is 6.52. The lowest BCUT2D eigenvalue weighted by Gasteiger charge is -2.52. The van der Waals surface area contributed by atoms with Crippen LogP contribution >= 0.6 is 0 Å². The Balaban J connectivity index is 1.68. The van der Waals surface area contributed by atoms with E-state index in [1.165, 1.54) is 58.5 Å². The smallest absolute Gasteiger partial charge is 0.0278 e. The van der Waals surface area contributed by atoms with E-state index >= 15 is 0 Å². The minimum absolute atomic E-state index is 0.351. The zero-order chi connectivity index (χ0) is 11.9. The van der Waals surface area contributed by atoms with Crippen LogP contribution in [0.25, 0.3) is 0 Å². The van der Waals surface area contributed by atoms with Gasteiger partial charge in [0.2, 0.25) is 0 Å². The monoisotopic (exact) mass is 237 g/mol. The number of rotatable bonds is 2. The number of nitrogens with zero attached hydrogens (tertiary/aromatic N) is 2. The summed E-state index contributed by atoms with van der Waals surface area (Å²) in [6, 6.07) is 0.852. The van der Waals surface area contributed by atoms with Gasteiger partial charge in [0.1, 0.15) is 0 Å². The Kier molecular flexibility index (Phi) is 3.18. The van der Waals surface area contributed by atoms with Gasteiger partial charge in [-0.3, -0.25) is 4.90 Å². The maximum Gasteiger partial charge on any atom is 0.0278 e. The molecule has 17 heavy (non-hydrogen) atoms. The lowest BCUT2D eigenvalue weighted by Crippen LogP contribution is -2.65. The highest BCUT2D eigenvalue weighted by molar-refractivity contribution is 4.98. The number of hydrogen-bond acceptors (Lipinski definition) is 3. The number of fused-ring (bicyclic) bond motifs is 3. The van der Waals surface area contributed by atoms with Crippen molar-refractivity contribution in [2.24, 2.45) is 5.92 Å². The zero-order valence-corrected chi connectivity index (χ0v) is 11.4. The molecule has 0 aliphatic carbocycles. The van der Waals surface area contributed by atoms with Crippen molar-refractivity contribution in [2.45, 2.75) is 44.7 Å². The van der Waals surface area contributed by atoms with Gasteiger partial charge >= 0.3 is 0 Å². The van der Waals surface area contributed by atoms with Crippen LogP contribution in [0.2, 0.25) is 0 Å². The molecule has 4 rings (SSSR count). The van der Waals surface area contributed by atoms with E-state index in [4.69, 9.17) is 0 Å². The molecular formula is C14H27N3. The van der Waals surface area contributed by atoms with Crippen molar-refractivity contribution in [3.63, 3.8) is 0 Å². The average Bonchev–Trinajstić information content (AvgIpc) is 2.40. The first-order valence-electron chi connectivity index (χ1n) is 7.42. The highest BCUT2D eigenvalue weighted by Crippen LogP contribution is 2.32. The molecule has 4 heterocycles. The second kappa shape index (κ2) is 4.52. The average molecular weight is 237 g/mol. The van der Waals surface area contributed by atoms with Gasteiger partial charge in [0, 0.05) is 37.8 Å². The lowest BCUT2D eigenvalue weighted by molar-refractivity contribution is -0.0176. The molecule has 3 heteroatoms. The van der Waals surface area contributed by atoms with E-state index in [0.717, 1.165) is 12.0 Å². The van der Waals surface area contributed by atoms with Gasteiger partial charge in [-0.05, 0) is 45.2 Å². The Morgan fingerprint density at radius 3 is 2.59 bits per heavy atom. The third-order valence-electron chi connectivity index (χ3n) is 5.37. The molecule has 3 nitrogen and oxygen atoms in total. The summed E-state index contributed by atoms with van der Waals surface area (Å²) in [5.74, 6) is 0.985. The summed E-state index contributed by atoms with van der Waals surface area (Å²) in [6.07, 6.45) is 4.12. The minimum atomic E-state index is 0.351. The van der Waals surface area contributed by atoms with Crippen molar-refractivity contribution >= 4 is 0 Å². The molecule has 4 saturated heterocycles. The molecule has 0 saturated carbocycles. The summed E-state index contributed by atoms with van der Waals surface area (Å²) in [6.45, 7) is 12.4. The number of hydrogen-bond donors (Lipinski definition) is 1. The van der Waals surface area contributed by atoms with Crippen molar-refractivity contribution in [2.75, 3.05) is 39.3 Å². The van der Waals surface area contributed by atoms with E-state index in [0.29, 0.717) is 5.54 Å². The fourth-order valence-electron chi connectivity index (χ4n) is 3.95. The molecule has 0 amide bonds. The van der Waals surface area contributed by atoms with Crippen LogP contribution in [0.1, 0.15) is 33.1 Å². The molecular weight excluding hydrogens is 210 g/mol. The minimum Gasteiger partial charge on any atom is -0.309 e. The largest absolute Gasteiger partial charge is 0.309 e. The summed E-state index contributed by atoms with van der Waals surface area (Å²) < 4.78 is 0. The first-order chi connectivity index (χ1) is 8.20. The molecule has 0 aromatic rings. The zero-order valence-electron chi connectivity index (χ0n) is 11.4. The highest BCUT2D eigenvalue weighted by Gasteiger charge is 2.40. The molecule has 1 N–H and O–H groups in total. The summed E-state index contributed by atoms with van der Waals surface area (Å²) in [5, 5.41) is 3.70. The van der Waals surface area contributed by atoms with Gasteiger partial charge in [0.25, 0.3) is 0 Å². The van der Waals surface area contributed by atoms with Gasteiger partial charge in [-0.2, -0.15) is 0 Å². The van der Waals surface area contributed by atoms with Crippen LogP contribution in [0.15, 0.2) is 0 Å². The van der Waals surface area contributed by atoms with Crippen LogP contribution < -0.4 is 5.32 Å². The van der Waals surface area contributed by atoms with Gasteiger partial charge < -0.3 is 10.2 Å². The first kappa shape index (κ1) is 11.9. The second-order valence-corrected chi connectivity index (χ2v) is 6.52. The SMILES string of the molecule is CCC1(C)CN(C2CN3CCC2CC3)CCN1. The van der Waals surface area contributed by atoms with Gasteiger partial charge in [-0.1, -0.05) is 6.92 Å². The molecule has 4 aliphatic heterocycles. The predicted octanol–water partition coefficient (Wildman–Crippen LogP) is 1.15. The molecule has 0 spiro atoms. The van der Waals surface area contributed by atoms with E-state index in [1.54, 1.807) is 0 Å². The molecule has 2 unspecified atom stereocenters. The standard InChI is InChI=1S/C14H27N3/c1-3-14(2)11-17(9-6-15-14)13-10-16-7-4-12(13)5-8-16/h12-13,15H,3-11H2,1-2H3. The third kappa shape index (κ3) is 2.25. The molecule has 0 aromatic heterocycles. The fraction of sp³-hybridized carbons (Fsp3) is 1.00. The Hall–Kier alpha value is -0.120. The molecule has 2 bridgehead atoms. The summed E-state index contributed by atoms with van der Waals surface area (Å²) in [5.41, 5.74) is 0.351. The van der Waals surface area contributed by atoms with Crippen LogP contribution in [-0.4, -0.2) is 60.6 Å². The van der Waals surface area contributed by atoms with Crippen molar-refractivity contribution in [1.82, 2.24) is 15.1 Å². The maximum atomic E-state index is 3.70. The van der Waals surface area contributed by atoms with Gasteiger partial charge in [-0.25, -0.2) is 0 Å². The lowest BCUT2D eigenvalue weighted by atomic mass is 9.82. The number of piperazine rings is 1. The maximum absolute atomic E-state index is 3.70. The van der Waals surface area contributed by atoms with Gasteiger partial charge in [0.15, 0.2) is 0 Å². The van der Waals surface area contributed by atoms with Gasteiger partial charge in [-0.15, -0.1) is 0 Å². The van der Waals surface area contributed by atoms with Crippen LogP contribution in [-0.2, 0) is 0 Å². The summed E-state index contributed by atoms with van der Waals surface area (Å²) >= 11 is 0. The van der Waals surface area contributed by atoms with E-state index < -0.39 is 0 Å².